The van der Waals surface area contributed by atoms with Crippen molar-refractivity contribution in [2.24, 2.45) is 56.7 Å². The fourth-order valence-corrected chi connectivity index (χ4v) is 12.7. The number of hydrogen-bond acceptors (Lipinski definition) is 5. The van der Waals surface area contributed by atoms with Crippen LogP contribution in [-0.2, 0) is 19.1 Å². The Kier molecular flexibility index (Phi) is 8.87. The Morgan fingerprint density at radius 1 is 0.830 bits per heavy atom. The number of carbonyl (C=O) groups excluding carboxylic acids is 2. The topological polar surface area (TPSA) is 102 Å². The molecular weight excluding hydrogens is 590 g/mol. The number of rotatable bonds is 6. The smallest absolute Gasteiger partial charge is 0.408 e. The number of aliphatic carboxylic acids is 1. The lowest BCUT2D eigenvalue weighted by molar-refractivity contribution is -0.246. The molecule has 47 heavy (non-hydrogen) atoms. The predicted molar refractivity (Wildman–Crippen MR) is 185 cm³/mol. The molecule has 0 aromatic rings. The Morgan fingerprint density at radius 2 is 1.49 bits per heavy atom. The zero-order valence-corrected chi connectivity index (χ0v) is 31.4. The maximum absolute atomic E-state index is 13.3. The number of carboxylic acid groups (broad SMARTS) is 1. The molecule has 0 spiro atoms. The summed E-state index contributed by atoms with van der Waals surface area (Å²) in [7, 11) is 0. The number of carbonyl (C=O) groups is 3. The first-order valence-electron chi connectivity index (χ1n) is 18.5. The van der Waals surface area contributed by atoms with Crippen molar-refractivity contribution in [1.82, 2.24) is 5.32 Å². The highest BCUT2D eigenvalue weighted by Crippen LogP contribution is 2.76. The van der Waals surface area contributed by atoms with Gasteiger partial charge in [-0.15, -0.1) is 0 Å². The molecule has 0 saturated heterocycles. The largest absolute Gasteiger partial charge is 0.481 e. The van der Waals surface area contributed by atoms with Crippen LogP contribution in [0.2, 0.25) is 0 Å². The van der Waals surface area contributed by atoms with E-state index in [9.17, 15) is 19.5 Å². The molecule has 5 fully saturated rings. The number of amides is 1. The molecule has 0 aromatic heterocycles. The number of nitrogens with one attached hydrogen (secondary N) is 1. The molecule has 0 bridgehead atoms. The average Bonchev–Trinajstić information content (AvgIpc) is 3.28. The average molecular weight is 656 g/mol. The third kappa shape index (κ3) is 5.75. The summed E-state index contributed by atoms with van der Waals surface area (Å²) in [6.45, 7) is 28.0. The van der Waals surface area contributed by atoms with Gasteiger partial charge in [-0.3, -0.25) is 9.59 Å². The molecule has 7 nitrogen and oxygen atoms in total. The van der Waals surface area contributed by atoms with Crippen molar-refractivity contribution in [2.75, 3.05) is 0 Å². The van der Waals surface area contributed by atoms with Crippen LogP contribution >= 0.6 is 0 Å². The first-order chi connectivity index (χ1) is 21.4. The van der Waals surface area contributed by atoms with Crippen LogP contribution in [0, 0.1) is 56.7 Å². The Hall–Kier alpha value is -2.05. The lowest BCUT2D eigenvalue weighted by Crippen LogP contribution is -2.69. The molecule has 0 heterocycles. The van der Waals surface area contributed by atoms with Crippen LogP contribution in [0.1, 0.15) is 147 Å². The quantitative estimate of drug-likeness (QED) is 0.218. The number of ether oxygens (including phenoxy) is 2. The molecule has 7 heteroatoms. The number of fused-ring (bicyclic) bond motifs is 7. The molecule has 266 valence electrons. The Bertz CT molecular complexity index is 1300. The molecule has 0 aliphatic heterocycles. The molecule has 0 aromatic carbocycles. The highest BCUT2D eigenvalue weighted by atomic mass is 16.6. The van der Waals surface area contributed by atoms with Crippen molar-refractivity contribution in [2.45, 2.75) is 164 Å². The summed E-state index contributed by atoms with van der Waals surface area (Å²) >= 11 is 0. The predicted octanol–water partition coefficient (Wildman–Crippen LogP) is 9.33. The van der Waals surface area contributed by atoms with E-state index in [1.807, 2.05) is 20.8 Å². The summed E-state index contributed by atoms with van der Waals surface area (Å²) in [6.07, 6.45) is 9.95. The van der Waals surface area contributed by atoms with Crippen molar-refractivity contribution in [1.29, 1.82) is 0 Å². The van der Waals surface area contributed by atoms with Gasteiger partial charge in [0.05, 0.1) is 11.8 Å². The van der Waals surface area contributed by atoms with Gasteiger partial charge in [-0.2, -0.15) is 0 Å². The Labute approximate surface area is 284 Å². The van der Waals surface area contributed by atoms with Crippen molar-refractivity contribution >= 4 is 18.0 Å². The molecule has 0 radical (unpaired) electrons. The van der Waals surface area contributed by atoms with E-state index in [-0.39, 0.29) is 45.8 Å². The first-order valence-corrected chi connectivity index (χ1v) is 18.5. The molecule has 5 aliphatic carbocycles. The molecule has 0 unspecified atom stereocenters. The summed E-state index contributed by atoms with van der Waals surface area (Å²) < 4.78 is 12.0. The van der Waals surface area contributed by atoms with Gasteiger partial charge in [0, 0.05) is 11.0 Å². The SMILES string of the molecule is C=C(C)[C@@H]1CC[C@]2(NC(=O)OC(C)(C)C)CC[C@]3(C)[C@H](CC[C@@H]4[C@@]5(C)CC[C@H](OC(=O)CC(C)(C)C(=O)O)C(C)(C)[C@@H]5CC[C@]43C)[C@@H]12. The summed E-state index contributed by atoms with van der Waals surface area (Å²) in [6, 6.07) is 0. The van der Waals surface area contributed by atoms with Crippen LogP contribution in [-0.4, -0.2) is 40.4 Å². The van der Waals surface area contributed by atoms with Crippen molar-refractivity contribution in [3.8, 4) is 0 Å². The minimum atomic E-state index is -1.15. The van der Waals surface area contributed by atoms with E-state index in [4.69, 9.17) is 9.47 Å². The van der Waals surface area contributed by atoms with Gasteiger partial charge in [0.25, 0.3) is 0 Å². The van der Waals surface area contributed by atoms with Crippen LogP contribution in [0.4, 0.5) is 4.79 Å². The molecule has 5 rings (SSSR count). The molecular formula is C40H65NO6. The van der Waals surface area contributed by atoms with Gasteiger partial charge in [0.15, 0.2) is 0 Å². The van der Waals surface area contributed by atoms with Gasteiger partial charge in [-0.05, 0) is 152 Å². The number of carboxylic acids is 1. The van der Waals surface area contributed by atoms with Gasteiger partial charge in [-0.1, -0.05) is 46.8 Å². The fraction of sp³-hybridized carbons (Fsp3) is 0.875. The first kappa shape index (κ1) is 36.2. The van der Waals surface area contributed by atoms with E-state index in [1.165, 1.54) is 12.0 Å². The van der Waals surface area contributed by atoms with Crippen LogP contribution in [0.15, 0.2) is 12.2 Å². The second-order valence-corrected chi connectivity index (χ2v) is 19.7. The van der Waals surface area contributed by atoms with E-state index in [2.05, 4.69) is 53.4 Å². The van der Waals surface area contributed by atoms with Gasteiger partial charge in [0.1, 0.15) is 11.7 Å². The van der Waals surface area contributed by atoms with E-state index < -0.39 is 23.0 Å². The molecule has 1 amide bonds. The number of esters is 1. The minimum Gasteiger partial charge on any atom is -0.481 e. The fourth-order valence-electron chi connectivity index (χ4n) is 12.7. The zero-order valence-electron chi connectivity index (χ0n) is 31.4. The second-order valence-electron chi connectivity index (χ2n) is 19.7. The summed E-state index contributed by atoms with van der Waals surface area (Å²) in [5.74, 6) is 0.856. The normalized spacial score (nSPS) is 42.5. The second kappa shape index (κ2) is 11.5. The van der Waals surface area contributed by atoms with Crippen LogP contribution in [0.5, 0.6) is 0 Å². The molecule has 2 N–H and O–H groups in total. The summed E-state index contributed by atoms with van der Waals surface area (Å²) in [5.41, 5.74) is -0.464. The van der Waals surface area contributed by atoms with Gasteiger partial charge in [0.2, 0.25) is 0 Å². The number of hydrogen-bond donors (Lipinski definition) is 2. The lowest BCUT2D eigenvalue weighted by Gasteiger charge is -2.73. The van der Waals surface area contributed by atoms with E-state index in [0.717, 1.165) is 57.8 Å². The molecule has 10 atom stereocenters. The van der Waals surface area contributed by atoms with E-state index in [1.54, 1.807) is 13.8 Å². The van der Waals surface area contributed by atoms with Crippen molar-refractivity contribution in [3.63, 3.8) is 0 Å². The summed E-state index contributed by atoms with van der Waals surface area (Å²) in [5, 5.41) is 13.1. The Balaban J connectivity index is 1.41. The standard InChI is InChI=1S/C40H65NO6/c1-24(2)25-15-20-40(41-33(45)47-34(3,4)5)22-21-38(11)26(31(25)40)13-14-28-37(10)18-17-29(46-30(42)23-35(6,7)32(43)44)36(8,9)27(37)16-19-39(28,38)12/h25-29,31H,1,13-23H2,2-12H3,(H,41,45)(H,43,44)/t25-,26+,27-,28+,29-,31+,37-,38+,39+,40-/m0/s1. The number of alkyl carbamates (subject to hydrolysis) is 1. The van der Waals surface area contributed by atoms with Crippen LogP contribution in [0.25, 0.3) is 0 Å². The number of allylic oxidation sites excluding steroid dienone is 1. The molecule has 5 saturated carbocycles. The Morgan fingerprint density at radius 3 is 2.09 bits per heavy atom. The highest BCUT2D eigenvalue weighted by Gasteiger charge is 2.71. The third-order valence-corrected chi connectivity index (χ3v) is 15.2. The molecule has 5 aliphatic rings. The minimum absolute atomic E-state index is 0.117. The van der Waals surface area contributed by atoms with Gasteiger partial charge in [-0.25, -0.2) is 4.79 Å². The highest BCUT2D eigenvalue weighted by molar-refractivity contribution is 5.81. The van der Waals surface area contributed by atoms with E-state index >= 15 is 0 Å². The lowest BCUT2D eigenvalue weighted by atomic mass is 9.32. The van der Waals surface area contributed by atoms with Gasteiger partial charge >= 0.3 is 18.0 Å². The maximum atomic E-state index is 13.3. The monoisotopic (exact) mass is 655 g/mol. The van der Waals surface area contributed by atoms with E-state index in [0.29, 0.717) is 29.6 Å². The third-order valence-electron chi connectivity index (χ3n) is 15.2. The van der Waals surface area contributed by atoms with Gasteiger partial charge < -0.3 is 19.9 Å². The zero-order chi connectivity index (χ0) is 35.2. The summed E-state index contributed by atoms with van der Waals surface area (Å²) in [4.78, 5) is 38.0. The maximum Gasteiger partial charge on any atom is 0.408 e. The van der Waals surface area contributed by atoms with Crippen LogP contribution < -0.4 is 5.32 Å². The van der Waals surface area contributed by atoms with Crippen molar-refractivity contribution in [3.05, 3.63) is 12.2 Å². The van der Waals surface area contributed by atoms with Crippen LogP contribution in [0.3, 0.4) is 0 Å². The van der Waals surface area contributed by atoms with Crippen molar-refractivity contribution < 1.29 is 29.0 Å².